The van der Waals surface area contributed by atoms with Gasteiger partial charge in [-0.2, -0.15) is 0 Å². The highest BCUT2D eigenvalue weighted by atomic mass is 17.2. The Hall–Kier alpha value is -2.08. The normalized spacial score (nSPS) is 17.9. The fourth-order valence-corrected chi connectivity index (χ4v) is 1.98. The number of aliphatic hydroxyl groups excluding tert-OH is 1. The number of aryl methyl sites for hydroxylation is 1. The third-order valence-corrected chi connectivity index (χ3v) is 3.09. The van der Waals surface area contributed by atoms with E-state index in [1.165, 1.54) is 4.90 Å². The molecule has 1 atom stereocenters. The van der Waals surface area contributed by atoms with Crippen molar-refractivity contribution in [2.75, 3.05) is 13.1 Å². The first kappa shape index (κ1) is 14.3. The number of β-amino-alcohol motifs (C(OH)–C–C–N with tert-alkyl or cyclic N) is 1. The lowest BCUT2D eigenvalue weighted by Crippen LogP contribution is -2.30. The minimum Gasteiger partial charge on any atom is -0.391 e. The van der Waals surface area contributed by atoms with Crippen LogP contribution in [0.15, 0.2) is 30.3 Å². The number of nitrogens with zero attached hydrogens (tertiary/aromatic N) is 1. The van der Waals surface area contributed by atoms with Crippen LogP contribution < -0.4 is 0 Å². The van der Waals surface area contributed by atoms with Crippen LogP contribution in [0.4, 0.5) is 4.79 Å². The standard InChI is InChI=1S/C14H17NO5/c16-12-8-9-15(10-12)14(18)20-19-13(17)7-6-11-4-2-1-3-5-11/h1-5,12,16H,6-10H2. The molecule has 0 saturated carbocycles. The molecule has 6 nitrogen and oxygen atoms in total. The zero-order valence-corrected chi connectivity index (χ0v) is 11.0. The minimum absolute atomic E-state index is 0.139. The van der Waals surface area contributed by atoms with Crippen molar-refractivity contribution < 1.29 is 24.5 Å². The summed E-state index contributed by atoms with van der Waals surface area (Å²) < 4.78 is 0. The molecule has 0 aliphatic carbocycles. The quantitative estimate of drug-likeness (QED) is 0.666. The Kier molecular flexibility index (Phi) is 4.95. The lowest BCUT2D eigenvalue weighted by Gasteiger charge is -2.13. The summed E-state index contributed by atoms with van der Waals surface area (Å²) in [6.45, 7) is 0.613. The third kappa shape index (κ3) is 4.24. The average molecular weight is 279 g/mol. The van der Waals surface area contributed by atoms with Gasteiger partial charge in [0.2, 0.25) is 0 Å². The molecule has 1 aliphatic heterocycles. The van der Waals surface area contributed by atoms with Crippen molar-refractivity contribution in [2.24, 2.45) is 0 Å². The molecule has 6 heteroatoms. The fraction of sp³-hybridized carbons (Fsp3) is 0.429. The first-order valence-corrected chi connectivity index (χ1v) is 6.53. The van der Waals surface area contributed by atoms with Crippen LogP contribution in [0.5, 0.6) is 0 Å². The maximum Gasteiger partial charge on any atom is 0.453 e. The molecule has 1 fully saturated rings. The number of amides is 1. The SMILES string of the molecule is O=C(CCc1ccccc1)OOC(=O)N1CCC(O)C1. The molecule has 1 amide bonds. The van der Waals surface area contributed by atoms with E-state index >= 15 is 0 Å². The molecule has 2 rings (SSSR count). The summed E-state index contributed by atoms with van der Waals surface area (Å²) in [5, 5.41) is 9.28. The summed E-state index contributed by atoms with van der Waals surface area (Å²) in [7, 11) is 0. The van der Waals surface area contributed by atoms with E-state index in [0.717, 1.165) is 5.56 Å². The van der Waals surface area contributed by atoms with Gasteiger partial charge >= 0.3 is 12.1 Å². The number of carbonyl (C=O) groups is 2. The lowest BCUT2D eigenvalue weighted by atomic mass is 10.1. The van der Waals surface area contributed by atoms with Crippen LogP contribution in [0.1, 0.15) is 18.4 Å². The zero-order valence-electron chi connectivity index (χ0n) is 11.0. The Balaban J connectivity index is 1.66. The summed E-state index contributed by atoms with van der Waals surface area (Å²) in [6.07, 6.45) is -0.0951. The van der Waals surface area contributed by atoms with Crippen molar-refractivity contribution in [3.63, 3.8) is 0 Å². The Labute approximate surface area is 116 Å². The number of hydrogen-bond donors (Lipinski definition) is 1. The van der Waals surface area contributed by atoms with Crippen molar-refractivity contribution in [1.29, 1.82) is 0 Å². The molecular formula is C14H17NO5. The first-order valence-electron chi connectivity index (χ1n) is 6.53. The van der Waals surface area contributed by atoms with Gasteiger partial charge in [0.25, 0.3) is 0 Å². The second kappa shape index (κ2) is 6.91. The van der Waals surface area contributed by atoms with Crippen molar-refractivity contribution >= 4 is 12.1 Å². The largest absolute Gasteiger partial charge is 0.453 e. The summed E-state index contributed by atoms with van der Waals surface area (Å²) in [5.41, 5.74) is 1.01. The number of likely N-dealkylation sites (tertiary alicyclic amines) is 1. The third-order valence-electron chi connectivity index (χ3n) is 3.09. The van der Waals surface area contributed by atoms with Gasteiger partial charge in [0.1, 0.15) is 0 Å². The molecule has 1 aromatic rings. The molecule has 0 spiro atoms. The summed E-state index contributed by atoms with van der Waals surface area (Å²) in [5.74, 6) is -0.595. The molecule has 0 bridgehead atoms. The molecule has 1 aromatic carbocycles. The van der Waals surface area contributed by atoms with Crippen LogP contribution in [0.2, 0.25) is 0 Å². The molecule has 1 saturated heterocycles. The van der Waals surface area contributed by atoms with Crippen molar-refractivity contribution in [2.45, 2.75) is 25.4 Å². The predicted octanol–water partition coefficient (Wildman–Crippen LogP) is 1.28. The molecule has 108 valence electrons. The Bertz CT molecular complexity index is 462. The van der Waals surface area contributed by atoms with E-state index in [-0.39, 0.29) is 13.0 Å². The van der Waals surface area contributed by atoms with Gasteiger partial charge in [-0.15, -0.1) is 0 Å². The van der Waals surface area contributed by atoms with E-state index in [4.69, 9.17) is 0 Å². The Morgan fingerprint density at radius 2 is 2.00 bits per heavy atom. The molecular weight excluding hydrogens is 262 g/mol. The van der Waals surface area contributed by atoms with Crippen LogP contribution in [0, 0.1) is 0 Å². The Morgan fingerprint density at radius 1 is 1.25 bits per heavy atom. The second-order valence-corrected chi connectivity index (χ2v) is 4.68. The van der Waals surface area contributed by atoms with E-state index in [2.05, 4.69) is 9.78 Å². The van der Waals surface area contributed by atoms with Crippen molar-refractivity contribution in [1.82, 2.24) is 4.90 Å². The number of aliphatic hydroxyl groups is 1. The van der Waals surface area contributed by atoms with E-state index in [1.807, 2.05) is 30.3 Å². The molecule has 1 unspecified atom stereocenters. The lowest BCUT2D eigenvalue weighted by molar-refractivity contribution is -0.236. The molecule has 1 heterocycles. The van der Waals surface area contributed by atoms with Gasteiger partial charge in [-0.1, -0.05) is 30.3 Å². The van der Waals surface area contributed by atoms with Crippen molar-refractivity contribution in [3.8, 4) is 0 Å². The molecule has 1 N–H and O–H groups in total. The summed E-state index contributed by atoms with van der Waals surface area (Å²) in [4.78, 5) is 33.1. The first-order chi connectivity index (χ1) is 9.65. The van der Waals surface area contributed by atoms with E-state index in [9.17, 15) is 14.7 Å². The highest BCUT2D eigenvalue weighted by Crippen LogP contribution is 2.10. The number of benzene rings is 1. The summed E-state index contributed by atoms with van der Waals surface area (Å²) in [6, 6.07) is 9.49. The minimum atomic E-state index is -0.741. The molecule has 0 aromatic heterocycles. The fourth-order valence-electron chi connectivity index (χ4n) is 1.98. The highest BCUT2D eigenvalue weighted by molar-refractivity contribution is 5.72. The maximum absolute atomic E-state index is 11.5. The number of hydrogen-bond acceptors (Lipinski definition) is 5. The van der Waals surface area contributed by atoms with Gasteiger partial charge in [0.15, 0.2) is 0 Å². The highest BCUT2D eigenvalue weighted by Gasteiger charge is 2.27. The topological polar surface area (TPSA) is 76.1 Å². The van der Waals surface area contributed by atoms with Gasteiger partial charge in [-0.25, -0.2) is 19.4 Å². The van der Waals surface area contributed by atoms with Crippen LogP contribution >= 0.6 is 0 Å². The zero-order chi connectivity index (χ0) is 14.4. The Morgan fingerprint density at radius 3 is 2.65 bits per heavy atom. The number of carbonyl (C=O) groups excluding carboxylic acids is 2. The van der Waals surface area contributed by atoms with Gasteiger partial charge < -0.3 is 10.0 Å². The van der Waals surface area contributed by atoms with Crippen molar-refractivity contribution in [3.05, 3.63) is 35.9 Å². The predicted molar refractivity (Wildman–Crippen MR) is 69.5 cm³/mol. The van der Waals surface area contributed by atoms with Gasteiger partial charge in [-0.3, -0.25) is 0 Å². The summed E-state index contributed by atoms with van der Waals surface area (Å²) >= 11 is 0. The monoisotopic (exact) mass is 279 g/mol. The van der Waals surface area contributed by atoms with Crippen LogP contribution in [-0.4, -0.2) is 41.3 Å². The van der Waals surface area contributed by atoms with E-state index < -0.39 is 18.2 Å². The van der Waals surface area contributed by atoms with Crippen LogP contribution in [-0.2, 0) is 21.0 Å². The maximum atomic E-state index is 11.5. The second-order valence-electron chi connectivity index (χ2n) is 4.68. The van der Waals surface area contributed by atoms with Crippen LogP contribution in [0.3, 0.4) is 0 Å². The van der Waals surface area contributed by atoms with E-state index in [0.29, 0.717) is 19.4 Å². The van der Waals surface area contributed by atoms with Gasteiger partial charge in [0.05, 0.1) is 19.1 Å². The molecule has 20 heavy (non-hydrogen) atoms. The molecule has 1 aliphatic rings. The van der Waals surface area contributed by atoms with Gasteiger partial charge in [-0.05, 0) is 18.4 Å². The average Bonchev–Trinajstić information content (AvgIpc) is 2.90. The van der Waals surface area contributed by atoms with Crippen LogP contribution in [0.25, 0.3) is 0 Å². The smallest absolute Gasteiger partial charge is 0.391 e. The number of rotatable bonds is 3. The molecule has 0 radical (unpaired) electrons. The van der Waals surface area contributed by atoms with E-state index in [1.54, 1.807) is 0 Å². The van der Waals surface area contributed by atoms with Gasteiger partial charge in [0, 0.05) is 6.54 Å².